The van der Waals surface area contributed by atoms with E-state index >= 15 is 0 Å². The molecule has 0 bridgehead atoms. The Morgan fingerprint density at radius 2 is 0.429 bits per heavy atom. The summed E-state index contributed by atoms with van der Waals surface area (Å²) in [5.74, 6) is -9.11. The number of rotatable bonds is 6. The predicted octanol–water partition coefficient (Wildman–Crippen LogP) is -22.7. The molecule has 0 saturated carbocycles. The van der Waals surface area contributed by atoms with Crippen LogP contribution in [0.3, 0.4) is 0 Å². The summed E-state index contributed by atoms with van der Waals surface area (Å²) < 4.78 is 0. The van der Waals surface area contributed by atoms with Crippen LogP contribution in [-0.2, 0) is 0 Å². The maximum Gasteiger partial charge on any atom is 1.00 e. The van der Waals surface area contributed by atoms with Gasteiger partial charge in [0.2, 0.25) is 0 Å². The number of carbonyl (C=O) groups is 6. The van der Waals surface area contributed by atoms with Gasteiger partial charge in [-0.1, -0.05) is 72.8 Å². The molecule has 42 heavy (non-hydrogen) atoms. The van der Waals surface area contributed by atoms with E-state index < -0.39 is 35.8 Å². The molecule has 0 aromatic heterocycles. The molecule has 18 heteroatoms. The van der Waals surface area contributed by atoms with Gasteiger partial charge >= 0.3 is 200 Å². The molecule has 3 aromatic carbocycles. The summed E-state index contributed by atoms with van der Waals surface area (Å²) in [7, 11) is 0. The molecule has 0 unspecified atom stereocenters. The molecule has 0 atom stereocenters. The Balaban J connectivity index is -0.000000108. The Labute approximate surface area is 393 Å². The van der Waals surface area contributed by atoms with Gasteiger partial charge in [0.05, 0.1) is 35.8 Å². The van der Waals surface area contributed by atoms with Crippen LogP contribution >= 0.6 is 0 Å². The van der Waals surface area contributed by atoms with Gasteiger partial charge in [-0.3, -0.25) is 0 Å². The Bertz CT molecular complexity index is 1080. The number of benzene rings is 3. The van der Waals surface area contributed by atoms with E-state index in [9.17, 15) is 59.4 Å². The van der Waals surface area contributed by atoms with E-state index in [2.05, 4.69) is 0 Å². The van der Waals surface area contributed by atoms with Crippen LogP contribution in [0.15, 0.2) is 72.8 Å². The van der Waals surface area contributed by atoms with Crippen molar-refractivity contribution in [3.63, 3.8) is 0 Å². The zero-order valence-electron chi connectivity index (χ0n) is 23.8. The van der Waals surface area contributed by atoms with Crippen LogP contribution in [0.1, 0.15) is 62.1 Å². The minimum absolute atomic E-state index is 0. The molecule has 3 aromatic rings. The second-order valence-electron chi connectivity index (χ2n) is 6.36. The van der Waals surface area contributed by atoms with Crippen LogP contribution in [-0.4, -0.2) is 35.8 Å². The molecule has 0 radical (unpaired) electrons. The third kappa shape index (κ3) is 19.5. The third-order valence-corrected chi connectivity index (χ3v) is 4.10. The summed E-state index contributed by atoms with van der Waals surface area (Å²) in [4.78, 5) is 61.9. The molecule has 0 aliphatic rings. The monoisotopic (exact) mass is 630 g/mol. The molecular formula is C24H12K2Li2Na2O12. The van der Waals surface area contributed by atoms with Crippen molar-refractivity contribution in [3.8, 4) is 0 Å². The quantitative estimate of drug-likeness (QED) is 0.231. The SMILES string of the molecule is O=C([O-])c1ccccc1C(=O)[O-].O=C([O-])c1ccccc1C(=O)[O-].O=C([O-])c1ccccc1C(=O)[O-].[K+].[K+].[Li+].[Li+].[Na+].[Na+]. The molecule has 0 spiro atoms. The average Bonchev–Trinajstić information content (AvgIpc) is 2.84. The van der Waals surface area contributed by atoms with Crippen LogP contribution in [0.5, 0.6) is 0 Å². The van der Waals surface area contributed by atoms with Crippen molar-refractivity contribution in [3.05, 3.63) is 106 Å². The van der Waals surface area contributed by atoms with Gasteiger partial charge in [0.1, 0.15) is 0 Å². The van der Waals surface area contributed by atoms with Gasteiger partial charge in [-0.25, -0.2) is 0 Å². The maximum absolute atomic E-state index is 10.3. The first-order chi connectivity index (χ1) is 16.9. The molecular weight excluding hydrogens is 618 g/mol. The number of hydrogen-bond acceptors (Lipinski definition) is 12. The zero-order chi connectivity index (χ0) is 27.4. The zero-order valence-corrected chi connectivity index (χ0v) is 34.1. The third-order valence-electron chi connectivity index (χ3n) is 4.10. The first kappa shape index (κ1) is 55.4. The van der Waals surface area contributed by atoms with Crippen LogP contribution < -0.4 is 230 Å². The molecule has 12 nitrogen and oxygen atoms in total. The fourth-order valence-corrected chi connectivity index (χ4v) is 2.52. The van der Waals surface area contributed by atoms with Crippen molar-refractivity contribution < 1.29 is 259 Å². The van der Waals surface area contributed by atoms with E-state index in [0.717, 1.165) is 36.4 Å². The molecule has 0 amide bonds. The molecule has 3 rings (SSSR count). The van der Waals surface area contributed by atoms with Crippen molar-refractivity contribution in [2.45, 2.75) is 0 Å². The summed E-state index contributed by atoms with van der Waals surface area (Å²) in [5.41, 5.74) is -2.18. The fourth-order valence-electron chi connectivity index (χ4n) is 2.52. The van der Waals surface area contributed by atoms with Gasteiger partial charge in [-0.15, -0.1) is 0 Å². The molecule has 0 aliphatic carbocycles. The number of carboxylic acid groups (broad SMARTS) is 6. The Morgan fingerprint density at radius 3 is 0.500 bits per heavy atom. The van der Waals surface area contributed by atoms with E-state index in [1.54, 1.807) is 0 Å². The van der Waals surface area contributed by atoms with E-state index in [1.165, 1.54) is 36.4 Å². The van der Waals surface area contributed by atoms with Crippen LogP contribution in [0.2, 0.25) is 0 Å². The molecule has 186 valence electrons. The normalized spacial score (nSPS) is 8.00. The Morgan fingerprint density at radius 1 is 0.333 bits per heavy atom. The number of hydrogen-bond donors (Lipinski definition) is 0. The van der Waals surface area contributed by atoms with Gasteiger partial charge in [0.15, 0.2) is 0 Å². The van der Waals surface area contributed by atoms with Crippen molar-refractivity contribution >= 4 is 35.8 Å². The first-order valence-corrected chi connectivity index (χ1v) is 9.43. The van der Waals surface area contributed by atoms with Crippen molar-refractivity contribution in [1.29, 1.82) is 0 Å². The van der Waals surface area contributed by atoms with Crippen LogP contribution in [0.25, 0.3) is 0 Å². The molecule has 0 heterocycles. The minimum Gasteiger partial charge on any atom is -0.545 e. The summed E-state index contributed by atoms with van der Waals surface area (Å²) in [6.45, 7) is 0. The Hall–Kier alpha value is 0.948. The second-order valence-corrected chi connectivity index (χ2v) is 6.36. The van der Waals surface area contributed by atoms with Gasteiger partial charge < -0.3 is 59.4 Å². The molecule has 0 aliphatic heterocycles. The van der Waals surface area contributed by atoms with Crippen molar-refractivity contribution in [2.24, 2.45) is 0 Å². The van der Waals surface area contributed by atoms with Gasteiger partial charge in [-0.05, 0) is 0 Å². The smallest absolute Gasteiger partial charge is 0.545 e. The topological polar surface area (TPSA) is 241 Å². The second kappa shape index (κ2) is 29.4. The number of carboxylic acids is 6. The minimum atomic E-state index is -1.52. The standard InChI is InChI=1S/3C8H6O4.2K.2Li.2Na/c3*9-7(10)5-3-1-2-4-6(5)8(11)12;;;;;;/h3*1-4H,(H,9,10)(H,11,12);;;;;;/q;;;6*+1/p-6. The first-order valence-electron chi connectivity index (χ1n) is 9.43. The number of aromatic carboxylic acids is 6. The maximum atomic E-state index is 10.3. The van der Waals surface area contributed by atoms with E-state index in [0.29, 0.717) is 0 Å². The predicted molar refractivity (Wildman–Crippen MR) is 105 cm³/mol. The summed E-state index contributed by atoms with van der Waals surface area (Å²) in [6, 6.07) is 15.4. The molecule has 0 N–H and O–H groups in total. The average molecular weight is 630 g/mol. The van der Waals surface area contributed by atoms with E-state index in [1.807, 2.05) is 0 Å². The number of carbonyl (C=O) groups excluding carboxylic acids is 6. The van der Waals surface area contributed by atoms with Gasteiger partial charge in [-0.2, -0.15) is 0 Å². The Kier molecular flexibility index (Phi) is 38.7. The van der Waals surface area contributed by atoms with Crippen LogP contribution in [0, 0.1) is 0 Å². The van der Waals surface area contributed by atoms with Crippen molar-refractivity contribution in [1.82, 2.24) is 0 Å². The van der Waals surface area contributed by atoms with E-state index in [4.69, 9.17) is 0 Å². The van der Waals surface area contributed by atoms with Gasteiger partial charge in [0, 0.05) is 33.4 Å². The molecule has 0 saturated heterocycles. The van der Waals surface area contributed by atoms with E-state index in [-0.39, 0.29) is 233 Å². The van der Waals surface area contributed by atoms with Crippen LogP contribution in [0.4, 0.5) is 0 Å². The van der Waals surface area contributed by atoms with Gasteiger partial charge in [0.25, 0.3) is 0 Å². The summed E-state index contributed by atoms with van der Waals surface area (Å²) >= 11 is 0. The largest absolute Gasteiger partial charge is 1.00 e. The fraction of sp³-hybridized carbons (Fsp3) is 0. The van der Waals surface area contributed by atoms with Crippen molar-refractivity contribution in [2.75, 3.05) is 0 Å². The molecule has 0 fully saturated rings. The summed E-state index contributed by atoms with van der Waals surface area (Å²) in [6.07, 6.45) is 0. The summed E-state index contributed by atoms with van der Waals surface area (Å²) in [5, 5.41) is 61.9.